The zero-order valence-electron chi connectivity index (χ0n) is 13.8. The molecule has 1 aliphatic rings. The smallest absolute Gasteiger partial charge is 0.411 e. The quantitative estimate of drug-likeness (QED) is 0.546. The third-order valence-corrected chi connectivity index (χ3v) is 5.36. The molecule has 2 amide bonds. The first-order chi connectivity index (χ1) is 12.7. The standard InChI is InChI=1S/C17H14F3N3O3S/c18-17(19,20)9-3-1-8(2-4-9)15(25)22-16-13(14(21)24)11-6-5-10(23-26)7-12(11)27-16/h1-4,26H,5-7H2,(H2,21,24)(H,22,25)/b23-10+. The summed E-state index contributed by atoms with van der Waals surface area (Å²) in [6.07, 6.45) is -3.24. The highest BCUT2D eigenvalue weighted by Gasteiger charge is 2.31. The van der Waals surface area contributed by atoms with Gasteiger partial charge in [-0.15, -0.1) is 11.3 Å². The number of halogens is 3. The van der Waals surface area contributed by atoms with Crippen LogP contribution in [0.15, 0.2) is 29.4 Å². The van der Waals surface area contributed by atoms with Crippen molar-refractivity contribution < 1.29 is 28.0 Å². The van der Waals surface area contributed by atoms with Gasteiger partial charge < -0.3 is 16.3 Å². The number of alkyl halides is 3. The Morgan fingerprint density at radius 2 is 1.85 bits per heavy atom. The minimum atomic E-state index is -4.49. The Bertz CT molecular complexity index is 933. The number of thiophene rings is 1. The van der Waals surface area contributed by atoms with Crippen LogP contribution in [0.5, 0.6) is 0 Å². The Morgan fingerprint density at radius 1 is 1.19 bits per heavy atom. The number of primary amides is 1. The van der Waals surface area contributed by atoms with Gasteiger partial charge in [-0.2, -0.15) is 13.2 Å². The van der Waals surface area contributed by atoms with E-state index in [4.69, 9.17) is 10.9 Å². The molecule has 0 bridgehead atoms. The summed E-state index contributed by atoms with van der Waals surface area (Å²) in [7, 11) is 0. The minimum Gasteiger partial charge on any atom is -0.411 e. The molecule has 3 rings (SSSR count). The maximum absolute atomic E-state index is 12.6. The molecule has 4 N–H and O–H groups in total. The van der Waals surface area contributed by atoms with E-state index in [1.165, 1.54) is 0 Å². The van der Waals surface area contributed by atoms with E-state index >= 15 is 0 Å². The predicted octanol–water partition coefficient (Wildman–Crippen LogP) is 3.44. The maximum Gasteiger partial charge on any atom is 0.416 e. The highest BCUT2D eigenvalue weighted by atomic mass is 32.1. The number of benzene rings is 1. The summed E-state index contributed by atoms with van der Waals surface area (Å²) in [6.45, 7) is 0. The molecule has 0 saturated heterocycles. The van der Waals surface area contributed by atoms with Gasteiger partial charge in [-0.3, -0.25) is 9.59 Å². The number of carbonyl (C=O) groups excluding carboxylic acids is 2. The summed E-state index contributed by atoms with van der Waals surface area (Å²) in [5, 5.41) is 14.9. The summed E-state index contributed by atoms with van der Waals surface area (Å²) in [5.41, 5.74) is 6.04. The monoisotopic (exact) mass is 397 g/mol. The van der Waals surface area contributed by atoms with Gasteiger partial charge in [0.25, 0.3) is 11.8 Å². The van der Waals surface area contributed by atoms with E-state index in [2.05, 4.69) is 10.5 Å². The third-order valence-electron chi connectivity index (χ3n) is 4.21. The van der Waals surface area contributed by atoms with E-state index in [1.807, 2.05) is 0 Å². The molecule has 1 aliphatic carbocycles. The van der Waals surface area contributed by atoms with E-state index < -0.39 is 23.6 Å². The van der Waals surface area contributed by atoms with Crippen LogP contribution in [0.3, 0.4) is 0 Å². The first kappa shape index (κ1) is 18.9. The fourth-order valence-corrected chi connectivity index (χ4v) is 4.16. The van der Waals surface area contributed by atoms with Gasteiger partial charge in [0.05, 0.1) is 16.8 Å². The van der Waals surface area contributed by atoms with Crippen LogP contribution in [0.1, 0.15) is 43.1 Å². The number of fused-ring (bicyclic) bond motifs is 1. The zero-order chi connectivity index (χ0) is 19.8. The van der Waals surface area contributed by atoms with Gasteiger partial charge in [-0.25, -0.2) is 0 Å². The number of carbonyl (C=O) groups is 2. The molecule has 1 heterocycles. The van der Waals surface area contributed by atoms with Gasteiger partial charge in [0.1, 0.15) is 5.00 Å². The van der Waals surface area contributed by atoms with Crippen LogP contribution in [-0.4, -0.2) is 22.7 Å². The second-order valence-corrected chi connectivity index (χ2v) is 7.05. The number of hydrogen-bond donors (Lipinski definition) is 3. The first-order valence-corrected chi connectivity index (χ1v) is 8.65. The minimum absolute atomic E-state index is 0.0161. The van der Waals surface area contributed by atoms with Crippen molar-refractivity contribution in [3.8, 4) is 0 Å². The van der Waals surface area contributed by atoms with E-state index in [0.717, 1.165) is 40.5 Å². The molecule has 6 nitrogen and oxygen atoms in total. The lowest BCUT2D eigenvalue weighted by Gasteiger charge is -2.12. The molecule has 0 aliphatic heterocycles. The molecule has 0 spiro atoms. The molecule has 0 atom stereocenters. The molecule has 1 aromatic carbocycles. The highest BCUT2D eigenvalue weighted by Crippen LogP contribution is 2.37. The molecule has 1 aromatic heterocycles. The first-order valence-electron chi connectivity index (χ1n) is 7.83. The largest absolute Gasteiger partial charge is 0.416 e. The molecule has 10 heteroatoms. The SMILES string of the molecule is NC(=O)c1c(NC(=O)c2ccc(C(F)(F)F)cc2)sc2c1CC/C(=N\O)C2. The van der Waals surface area contributed by atoms with Crippen LogP contribution in [0.2, 0.25) is 0 Å². The molecule has 0 unspecified atom stereocenters. The van der Waals surface area contributed by atoms with Crippen molar-refractivity contribution in [1.29, 1.82) is 0 Å². The Labute approximate surface area is 155 Å². The lowest BCUT2D eigenvalue weighted by atomic mass is 9.94. The van der Waals surface area contributed by atoms with Crippen molar-refractivity contribution in [2.75, 3.05) is 5.32 Å². The summed E-state index contributed by atoms with van der Waals surface area (Å²) in [4.78, 5) is 25.0. The second kappa shape index (κ2) is 7.03. The molecule has 0 radical (unpaired) electrons. The molecule has 2 aromatic rings. The van der Waals surface area contributed by atoms with Crippen molar-refractivity contribution in [3.63, 3.8) is 0 Å². The van der Waals surface area contributed by atoms with Crippen LogP contribution < -0.4 is 11.1 Å². The number of oxime groups is 1. The van der Waals surface area contributed by atoms with Crippen molar-refractivity contribution in [2.24, 2.45) is 10.9 Å². The van der Waals surface area contributed by atoms with Gasteiger partial charge in [0.15, 0.2) is 0 Å². The van der Waals surface area contributed by atoms with Crippen molar-refractivity contribution in [3.05, 3.63) is 51.4 Å². The number of nitrogens with one attached hydrogen (secondary N) is 1. The number of anilines is 1. The van der Waals surface area contributed by atoms with Crippen LogP contribution >= 0.6 is 11.3 Å². The molecular formula is C17H14F3N3O3S. The van der Waals surface area contributed by atoms with Gasteiger partial charge >= 0.3 is 6.18 Å². The van der Waals surface area contributed by atoms with Gasteiger partial charge in [-0.05, 0) is 42.7 Å². The van der Waals surface area contributed by atoms with Gasteiger partial charge in [0.2, 0.25) is 0 Å². The Hall–Kier alpha value is -2.88. The number of nitrogens with zero attached hydrogens (tertiary/aromatic N) is 1. The number of rotatable bonds is 3. The van der Waals surface area contributed by atoms with Crippen LogP contribution in [0.4, 0.5) is 18.2 Å². The lowest BCUT2D eigenvalue weighted by Crippen LogP contribution is -2.20. The molecule has 142 valence electrons. The average molecular weight is 397 g/mol. The summed E-state index contributed by atoms with van der Waals surface area (Å²) in [6, 6.07) is 3.75. The third kappa shape index (κ3) is 3.80. The topological polar surface area (TPSA) is 105 Å². The van der Waals surface area contributed by atoms with Gasteiger partial charge in [0, 0.05) is 16.9 Å². The number of hydrogen-bond acceptors (Lipinski definition) is 5. The Morgan fingerprint density at radius 3 is 2.41 bits per heavy atom. The molecule has 0 fully saturated rings. The summed E-state index contributed by atoms with van der Waals surface area (Å²) >= 11 is 1.14. The number of amides is 2. The molecule has 27 heavy (non-hydrogen) atoms. The normalized spacial score (nSPS) is 15.4. The summed E-state index contributed by atoms with van der Waals surface area (Å²) < 4.78 is 37.9. The fourth-order valence-electron chi connectivity index (χ4n) is 2.88. The second-order valence-electron chi connectivity index (χ2n) is 5.94. The van der Waals surface area contributed by atoms with E-state index in [9.17, 15) is 22.8 Å². The Kier molecular flexibility index (Phi) is 4.92. The fraction of sp³-hybridized carbons (Fsp3) is 0.235. The lowest BCUT2D eigenvalue weighted by molar-refractivity contribution is -0.137. The molecular weight excluding hydrogens is 383 g/mol. The van der Waals surface area contributed by atoms with Gasteiger partial charge in [-0.1, -0.05) is 5.16 Å². The van der Waals surface area contributed by atoms with E-state index in [1.54, 1.807) is 0 Å². The van der Waals surface area contributed by atoms with Crippen LogP contribution in [-0.2, 0) is 19.0 Å². The maximum atomic E-state index is 12.6. The van der Waals surface area contributed by atoms with E-state index in [-0.39, 0.29) is 16.1 Å². The van der Waals surface area contributed by atoms with Crippen molar-refractivity contribution in [1.82, 2.24) is 0 Å². The van der Waals surface area contributed by atoms with E-state index in [0.29, 0.717) is 30.5 Å². The van der Waals surface area contributed by atoms with Crippen molar-refractivity contribution in [2.45, 2.75) is 25.4 Å². The zero-order valence-corrected chi connectivity index (χ0v) is 14.6. The number of nitrogens with two attached hydrogens (primary N) is 1. The van der Waals surface area contributed by atoms with Crippen molar-refractivity contribution >= 4 is 33.9 Å². The van der Waals surface area contributed by atoms with Crippen LogP contribution in [0.25, 0.3) is 0 Å². The van der Waals surface area contributed by atoms with Crippen LogP contribution in [0, 0.1) is 0 Å². The average Bonchev–Trinajstić information content (AvgIpc) is 2.97. The predicted molar refractivity (Wildman–Crippen MR) is 93.5 cm³/mol. The highest BCUT2D eigenvalue weighted by molar-refractivity contribution is 7.17. The summed E-state index contributed by atoms with van der Waals surface area (Å²) in [5.74, 6) is -1.36. The molecule has 0 saturated carbocycles. The Balaban J connectivity index is 1.88.